The maximum Gasteiger partial charge on any atom is 0.180 e. The van der Waals surface area contributed by atoms with Crippen LogP contribution in [0.3, 0.4) is 0 Å². The van der Waals surface area contributed by atoms with Crippen molar-refractivity contribution in [3.63, 3.8) is 0 Å². The highest BCUT2D eigenvalue weighted by Gasteiger charge is 2.13. The van der Waals surface area contributed by atoms with Gasteiger partial charge in [-0.25, -0.2) is 0 Å². The minimum atomic E-state index is 0. The van der Waals surface area contributed by atoms with Crippen molar-refractivity contribution >= 4 is 35.6 Å². The third-order valence-electron chi connectivity index (χ3n) is 3.43. The van der Waals surface area contributed by atoms with Gasteiger partial charge in [-0.1, -0.05) is 41.4 Å². The lowest BCUT2D eigenvalue weighted by Gasteiger charge is -2.15. The van der Waals surface area contributed by atoms with E-state index in [1.807, 2.05) is 36.4 Å². The fraction of sp³-hybridized carbons (Fsp3) is 0.333. The maximum atomic E-state index is 6.37. The Kier molecular flexibility index (Phi) is 10.0. The van der Waals surface area contributed by atoms with Gasteiger partial charge in [0.2, 0.25) is 0 Å². The standard InChI is InChI=1S/C18H21Cl2NO3.ClH/c1-22-8-7-21-11-13-9-16(20)18(17(10-13)23-2)24-12-14-5-3-4-6-15(14)19;/h3-6,9-10,21H,7-8,11-12H2,1-2H3;1H. The Morgan fingerprint density at radius 1 is 1.04 bits per heavy atom. The molecule has 0 radical (unpaired) electrons. The molecular weight excluding hydrogens is 385 g/mol. The van der Waals surface area contributed by atoms with Gasteiger partial charge >= 0.3 is 0 Å². The van der Waals surface area contributed by atoms with E-state index < -0.39 is 0 Å². The van der Waals surface area contributed by atoms with E-state index in [4.69, 9.17) is 37.4 Å². The Morgan fingerprint density at radius 2 is 1.80 bits per heavy atom. The first kappa shape index (κ1) is 21.9. The summed E-state index contributed by atoms with van der Waals surface area (Å²) in [6, 6.07) is 11.3. The topological polar surface area (TPSA) is 39.7 Å². The Hall–Kier alpha value is -1.17. The summed E-state index contributed by atoms with van der Waals surface area (Å²) in [6.45, 7) is 2.41. The third-order valence-corrected chi connectivity index (χ3v) is 4.08. The molecule has 0 atom stereocenters. The van der Waals surface area contributed by atoms with Crippen molar-refractivity contribution in [1.82, 2.24) is 5.32 Å². The van der Waals surface area contributed by atoms with Crippen LogP contribution < -0.4 is 14.8 Å². The molecule has 0 saturated heterocycles. The molecule has 0 bridgehead atoms. The van der Waals surface area contributed by atoms with Gasteiger partial charge in [-0.2, -0.15) is 0 Å². The van der Waals surface area contributed by atoms with Crippen LogP contribution >= 0.6 is 35.6 Å². The SMILES string of the molecule is COCCNCc1cc(Cl)c(OCc2ccccc2Cl)c(OC)c1.Cl. The van der Waals surface area contributed by atoms with Gasteiger partial charge in [0, 0.05) is 30.8 Å². The molecule has 0 aromatic heterocycles. The summed E-state index contributed by atoms with van der Waals surface area (Å²) in [5.74, 6) is 1.11. The highest BCUT2D eigenvalue weighted by molar-refractivity contribution is 6.32. The van der Waals surface area contributed by atoms with Crippen LogP contribution in [-0.4, -0.2) is 27.4 Å². The van der Waals surface area contributed by atoms with Crippen molar-refractivity contribution in [2.45, 2.75) is 13.2 Å². The molecule has 1 N–H and O–H groups in total. The molecule has 2 rings (SSSR count). The van der Waals surface area contributed by atoms with Crippen molar-refractivity contribution < 1.29 is 14.2 Å². The van der Waals surface area contributed by atoms with Crippen LogP contribution in [-0.2, 0) is 17.9 Å². The average molecular weight is 407 g/mol. The molecule has 25 heavy (non-hydrogen) atoms. The molecule has 2 aromatic rings. The van der Waals surface area contributed by atoms with Crippen LogP contribution in [0, 0.1) is 0 Å². The molecule has 0 saturated carbocycles. The highest BCUT2D eigenvalue weighted by atomic mass is 35.5. The molecule has 7 heteroatoms. The first-order valence-electron chi connectivity index (χ1n) is 7.58. The number of ether oxygens (including phenoxy) is 3. The number of hydrogen-bond donors (Lipinski definition) is 1. The summed E-state index contributed by atoms with van der Waals surface area (Å²) >= 11 is 12.5. The molecule has 0 aliphatic rings. The second-order valence-corrected chi connectivity index (χ2v) is 5.97. The summed E-state index contributed by atoms with van der Waals surface area (Å²) in [4.78, 5) is 0. The molecule has 138 valence electrons. The highest BCUT2D eigenvalue weighted by Crippen LogP contribution is 2.37. The lowest BCUT2D eigenvalue weighted by atomic mass is 10.2. The molecule has 0 unspecified atom stereocenters. The van der Waals surface area contributed by atoms with Crippen LogP contribution in [0.5, 0.6) is 11.5 Å². The number of halogens is 3. The molecule has 0 aliphatic carbocycles. The second-order valence-electron chi connectivity index (χ2n) is 5.16. The predicted octanol–water partition coefficient (Wildman–Crippen LogP) is 4.74. The van der Waals surface area contributed by atoms with E-state index in [-0.39, 0.29) is 12.4 Å². The largest absolute Gasteiger partial charge is 0.493 e. The van der Waals surface area contributed by atoms with Gasteiger partial charge in [-0.05, 0) is 23.8 Å². The van der Waals surface area contributed by atoms with Crippen LogP contribution in [0.1, 0.15) is 11.1 Å². The first-order chi connectivity index (χ1) is 11.7. The van der Waals surface area contributed by atoms with Gasteiger partial charge in [0.1, 0.15) is 6.61 Å². The minimum absolute atomic E-state index is 0. The number of methoxy groups -OCH3 is 2. The summed E-state index contributed by atoms with van der Waals surface area (Å²) in [5.41, 5.74) is 1.90. The van der Waals surface area contributed by atoms with Crippen molar-refractivity contribution in [3.8, 4) is 11.5 Å². The van der Waals surface area contributed by atoms with Crippen LogP contribution in [0.15, 0.2) is 36.4 Å². The predicted molar refractivity (Wildman–Crippen MR) is 105 cm³/mol. The molecule has 4 nitrogen and oxygen atoms in total. The van der Waals surface area contributed by atoms with Crippen molar-refractivity contribution in [1.29, 1.82) is 0 Å². The van der Waals surface area contributed by atoms with E-state index in [1.54, 1.807) is 14.2 Å². The van der Waals surface area contributed by atoms with Crippen LogP contribution in [0.25, 0.3) is 0 Å². The zero-order valence-corrected chi connectivity index (χ0v) is 16.5. The van der Waals surface area contributed by atoms with Crippen molar-refractivity contribution in [3.05, 3.63) is 57.6 Å². The Morgan fingerprint density at radius 3 is 2.48 bits per heavy atom. The normalized spacial score (nSPS) is 10.2. The third kappa shape index (κ3) is 6.57. The van der Waals surface area contributed by atoms with Gasteiger partial charge in [0.05, 0.1) is 18.7 Å². The summed E-state index contributed by atoms with van der Waals surface area (Å²) in [7, 11) is 3.27. The Bertz CT molecular complexity index is 668. The van der Waals surface area contributed by atoms with Crippen molar-refractivity contribution in [2.75, 3.05) is 27.4 Å². The summed E-state index contributed by atoms with van der Waals surface area (Å²) in [6.07, 6.45) is 0. The van der Waals surface area contributed by atoms with Gasteiger partial charge in [-0.3, -0.25) is 0 Å². The van der Waals surface area contributed by atoms with E-state index in [0.29, 0.717) is 41.3 Å². The number of benzene rings is 2. The number of nitrogens with one attached hydrogen (secondary N) is 1. The fourth-order valence-corrected chi connectivity index (χ4v) is 2.67. The zero-order valence-electron chi connectivity index (χ0n) is 14.2. The lowest BCUT2D eigenvalue weighted by Crippen LogP contribution is -2.18. The van der Waals surface area contributed by atoms with Gasteiger partial charge < -0.3 is 19.5 Å². The Balaban J connectivity index is 0.00000312. The Labute approximate surface area is 164 Å². The smallest absolute Gasteiger partial charge is 0.180 e. The molecule has 0 amide bonds. The fourth-order valence-electron chi connectivity index (χ4n) is 2.19. The summed E-state index contributed by atoms with van der Waals surface area (Å²) in [5, 5.41) is 4.43. The second kappa shape index (κ2) is 11.4. The monoisotopic (exact) mass is 405 g/mol. The zero-order chi connectivity index (χ0) is 17.4. The van der Waals surface area contributed by atoms with Crippen LogP contribution in [0.4, 0.5) is 0 Å². The van der Waals surface area contributed by atoms with Gasteiger partial charge in [0.25, 0.3) is 0 Å². The van der Waals surface area contributed by atoms with Crippen molar-refractivity contribution in [2.24, 2.45) is 0 Å². The molecule has 0 aliphatic heterocycles. The van der Waals surface area contributed by atoms with E-state index in [0.717, 1.165) is 17.7 Å². The minimum Gasteiger partial charge on any atom is -0.493 e. The molecule has 0 heterocycles. The quantitative estimate of drug-likeness (QED) is 0.611. The molecule has 2 aromatic carbocycles. The average Bonchev–Trinajstić information content (AvgIpc) is 2.58. The van der Waals surface area contributed by atoms with E-state index in [9.17, 15) is 0 Å². The summed E-state index contributed by atoms with van der Waals surface area (Å²) < 4.78 is 16.3. The van der Waals surface area contributed by atoms with Gasteiger partial charge in [0.15, 0.2) is 11.5 Å². The lowest BCUT2D eigenvalue weighted by molar-refractivity contribution is 0.199. The maximum absolute atomic E-state index is 6.37. The van der Waals surface area contributed by atoms with E-state index in [1.165, 1.54) is 0 Å². The van der Waals surface area contributed by atoms with E-state index >= 15 is 0 Å². The molecule has 0 spiro atoms. The van der Waals surface area contributed by atoms with E-state index in [2.05, 4.69) is 5.32 Å². The van der Waals surface area contributed by atoms with Crippen LogP contribution in [0.2, 0.25) is 10.0 Å². The van der Waals surface area contributed by atoms with Gasteiger partial charge in [-0.15, -0.1) is 12.4 Å². The number of rotatable bonds is 9. The molecule has 0 fully saturated rings. The molecular formula is C18H22Cl3NO3. The first-order valence-corrected chi connectivity index (χ1v) is 8.33. The number of hydrogen-bond acceptors (Lipinski definition) is 4.